The number of rotatable bonds is 11. The quantitative estimate of drug-likeness (QED) is 0.199. The number of methoxy groups -OCH3 is 2. The van der Waals surface area contributed by atoms with Crippen LogP contribution in [0.2, 0.25) is 10.0 Å². The molecule has 0 aliphatic rings. The average Bonchev–Trinajstić information content (AvgIpc) is 2.96. The number of ether oxygens (including phenoxy) is 4. The zero-order chi connectivity index (χ0) is 28.8. The van der Waals surface area contributed by atoms with E-state index in [-0.39, 0.29) is 6.54 Å². The van der Waals surface area contributed by atoms with Crippen molar-refractivity contribution in [3.05, 3.63) is 92.0 Å². The third kappa shape index (κ3) is 6.28. The molecular formula is C31H33Cl2N3O4. The Hall–Kier alpha value is -3.52. The molecule has 0 amide bonds. The standard InChI is InChI=1S/C31H33Cl2N3O4/c1-6-20-13-26(32)30(35-28(20)37-4)39-16-21-9-7-11-24(18(21)2)25-12-8-10-22(19(25)3)17-40-31-27(33)14-23(15-34)29(36-31)38-5/h7-14H,6,15-17,34H2,1-5H3. The van der Waals surface area contributed by atoms with Crippen LogP contribution >= 0.6 is 23.2 Å². The molecule has 7 nitrogen and oxygen atoms in total. The highest BCUT2D eigenvalue weighted by molar-refractivity contribution is 6.32. The summed E-state index contributed by atoms with van der Waals surface area (Å²) < 4.78 is 22.8. The topological polar surface area (TPSA) is 88.7 Å². The summed E-state index contributed by atoms with van der Waals surface area (Å²) in [6.45, 7) is 7.06. The van der Waals surface area contributed by atoms with Crippen LogP contribution in [-0.4, -0.2) is 24.2 Å². The van der Waals surface area contributed by atoms with Crippen molar-refractivity contribution in [1.29, 1.82) is 0 Å². The van der Waals surface area contributed by atoms with Crippen LogP contribution < -0.4 is 24.7 Å². The SMILES string of the molecule is CCc1cc(Cl)c(OCc2cccc(-c3cccc(COc4nc(OC)c(CN)cc4Cl)c3C)c2C)nc1OC. The molecule has 0 bridgehead atoms. The molecule has 2 aromatic heterocycles. The van der Waals surface area contributed by atoms with Gasteiger partial charge in [-0.05, 0) is 65.8 Å². The van der Waals surface area contributed by atoms with E-state index in [4.69, 9.17) is 47.9 Å². The van der Waals surface area contributed by atoms with Gasteiger partial charge in [0.25, 0.3) is 0 Å². The normalized spacial score (nSPS) is 10.9. The first-order chi connectivity index (χ1) is 19.3. The van der Waals surface area contributed by atoms with Crippen molar-refractivity contribution in [2.75, 3.05) is 14.2 Å². The number of benzene rings is 2. The predicted octanol–water partition coefficient (Wildman–Crippen LogP) is 7.26. The van der Waals surface area contributed by atoms with Gasteiger partial charge in [0.05, 0.1) is 14.2 Å². The summed E-state index contributed by atoms with van der Waals surface area (Å²) in [5, 5.41) is 0.843. The lowest BCUT2D eigenvalue weighted by Gasteiger charge is -2.17. The second kappa shape index (κ2) is 13.2. The summed E-state index contributed by atoms with van der Waals surface area (Å²) in [6, 6.07) is 15.9. The number of aromatic nitrogens is 2. The predicted molar refractivity (Wildman–Crippen MR) is 159 cm³/mol. The summed E-state index contributed by atoms with van der Waals surface area (Å²) >= 11 is 12.8. The van der Waals surface area contributed by atoms with E-state index in [2.05, 4.69) is 35.9 Å². The molecular weight excluding hydrogens is 549 g/mol. The van der Waals surface area contributed by atoms with E-state index in [1.807, 2.05) is 37.3 Å². The largest absolute Gasteiger partial charge is 0.481 e. The van der Waals surface area contributed by atoms with Gasteiger partial charge in [-0.1, -0.05) is 66.5 Å². The molecule has 0 fully saturated rings. The van der Waals surface area contributed by atoms with Crippen molar-refractivity contribution in [1.82, 2.24) is 9.97 Å². The highest BCUT2D eigenvalue weighted by Gasteiger charge is 2.16. The highest BCUT2D eigenvalue weighted by Crippen LogP contribution is 2.34. The molecule has 0 saturated heterocycles. The van der Waals surface area contributed by atoms with E-state index in [0.717, 1.165) is 45.4 Å². The Balaban J connectivity index is 1.56. The highest BCUT2D eigenvalue weighted by atomic mass is 35.5. The van der Waals surface area contributed by atoms with E-state index in [0.29, 0.717) is 52.3 Å². The van der Waals surface area contributed by atoms with E-state index in [1.54, 1.807) is 13.2 Å². The Bertz CT molecular complexity index is 1400. The van der Waals surface area contributed by atoms with Gasteiger partial charge >= 0.3 is 0 Å². The maximum absolute atomic E-state index is 6.44. The second-order valence-corrected chi connectivity index (χ2v) is 10.0. The molecule has 9 heteroatoms. The van der Waals surface area contributed by atoms with E-state index < -0.39 is 0 Å². The molecule has 0 aliphatic carbocycles. The van der Waals surface area contributed by atoms with Crippen molar-refractivity contribution in [3.63, 3.8) is 0 Å². The van der Waals surface area contributed by atoms with Gasteiger partial charge in [-0.2, -0.15) is 9.97 Å². The summed E-state index contributed by atoms with van der Waals surface area (Å²) in [5.41, 5.74) is 13.8. The Morgan fingerprint density at radius 1 is 0.675 bits per heavy atom. The minimum Gasteiger partial charge on any atom is -0.481 e. The fourth-order valence-corrected chi connectivity index (χ4v) is 4.96. The molecule has 0 aliphatic heterocycles. The molecule has 0 atom stereocenters. The molecule has 0 saturated carbocycles. The van der Waals surface area contributed by atoms with Crippen LogP contribution in [0, 0.1) is 13.8 Å². The van der Waals surface area contributed by atoms with Crippen LogP contribution in [0.25, 0.3) is 11.1 Å². The van der Waals surface area contributed by atoms with Gasteiger partial charge in [0, 0.05) is 17.7 Å². The monoisotopic (exact) mass is 581 g/mol. The molecule has 40 heavy (non-hydrogen) atoms. The molecule has 0 radical (unpaired) electrons. The first kappa shape index (κ1) is 29.5. The third-order valence-corrected chi connectivity index (χ3v) is 7.41. The minimum atomic E-state index is 0.268. The summed E-state index contributed by atoms with van der Waals surface area (Å²) in [6.07, 6.45) is 0.763. The Morgan fingerprint density at radius 3 is 1.55 bits per heavy atom. The van der Waals surface area contributed by atoms with Crippen LogP contribution in [0.1, 0.15) is 40.3 Å². The molecule has 210 valence electrons. The van der Waals surface area contributed by atoms with Crippen molar-refractivity contribution >= 4 is 23.2 Å². The van der Waals surface area contributed by atoms with Gasteiger partial charge in [-0.15, -0.1) is 0 Å². The molecule has 0 unspecified atom stereocenters. The zero-order valence-electron chi connectivity index (χ0n) is 23.3. The summed E-state index contributed by atoms with van der Waals surface area (Å²) in [7, 11) is 3.13. The first-order valence-corrected chi connectivity index (χ1v) is 13.7. The zero-order valence-corrected chi connectivity index (χ0v) is 24.8. The van der Waals surface area contributed by atoms with Gasteiger partial charge in [0.1, 0.15) is 23.3 Å². The molecule has 4 rings (SSSR count). The number of nitrogens with two attached hydrogens (primary N) is 1. The van der Waals surface area contributed by atoms with Gasteiger partial charge in [-0.3, -0.25) is 0 Å². The van der Waals surface area contributed by atoms with Gasteiger partial charge in [0.2, 0.25) is 23.5 Å². The average molecular weight is 583 g/mol. The number of halogens is 2. The van der Waals surface area contributed by atoms with Crippen molar-refractivity contribution in [2.45, 2.75) is 47.0 Å². The summed E-state index contributed by atoms with van der Waals surface area (Å²) in [4.78, 5) is 8.86. The lowest BCUT2D eigenvalue weighted by Crippen LogP contribution is -2.06. The maximum Gasteiger partial charge on any atom is 0.236 e. The van der Waals surface area contributed by atoms with Gasteiger partial charge in [0.15, 0.2) is 0 Å². The number of aryl methyl sites for hydroxylation is 1. The fraction of sp³-hybridized carbons (Fsp3) is 0.290. The van der Waals surface area contributed by atoms with E-state index in [1.165, 1.54) is 7.11 Å². The number of hydrogen-bond donors (Lipinski definition) is 1. The van der Waals surface area contributed by atoms with Gasteiger partial charge in [-0.25, -0.2) is 0 Å². The molecule has 2 N–H and O–H groups in total. The minimum absolute atomic E-state index is 0.268. The number of nitrogens with zero attached hydrogens (tertiary/aromatic N) is 2. The maximum atomic E-state index is 6.44. The van der Waals surface area contributed by atoms with Crippen molar-refractivity contribution in [2.24, 2.45) is 5.73 Å². The Labute approximate surface area is 245 Å². The van der Waals surface area contributed by atoms with Crippen LogP contribution in [-0.2, 0) is 26.2 Å². The van der Waals surface area contributed by atoms with Crippen LogP contribution in [0.5, 0.6) is 23.5 Å². The van der Waals surface area contributed by atoms with Crippen LogP contribution in [0.4, 0.5) is 0 Å². The van der Waals surface area contributed by atoms with Crippen LogP contribution in [0.15, 0.2) is 48.5 Å². The van der Waals surface area contributed by atoms with Crippen molar-refractivity contribution < 1.29 is 18.9 Å². The van der Waals surface area contributed by atoms with E-state index in [9.17, 15) is 0 Å². The number of hydrogen-bond acceptors (Lipinski definition) is 7. The lowest BCUT2D eigenvalue weighted by molar-refractivity contribution is 0.285. The molecule has 2 aromatic carbocycles. The smallest absolute Gasteiger partial charge is 0.236 e. The Kier molecular flexibility index (Phi) is 9.74. The van der Waals surface area contributed by atoms with Crippen molar-refractivity contribution in [3.8, 4) is 34.6 Å². The third-order valence-electron chi connectivity index (χ3n) is 6.86. The summed E-state index contributed by atoms with van der Waals surface area (Å²) in [5.74, 6) is 1.57. The molecule has 4 aromatic rings. The first-order valence-electron chi connectivity index (χ1n) is 12.9. The second-order valence-electron chi connectivity index (χ2n) is 9.20. The number of pyridine rings is 2. The fourth-order valence-electron chi connectivity index (χ4n) is 4.50. The van der Waals surface area contributed by atoms with Gasteiger partial charge < -0.3 is 24.7 Å². The van der Waals surface area contributed by atoms with E-state index >= 15 is 0 Å². The molecule has 0 spiro atoms. The Morgan fingerprint density at radius 2 is 1.12 bits per heavy atom. The van der Waals surface area contributed by atoms with Crippen LogP contribution in [0.3, 0.4) is 0 Å². The molecule has 2 heterocycles. The lowest BCUT2D eigenvalue weighted by atomic mass is 9.92.